The maximum Gasteiger partial charge on any atom is 0.472 e. The van der Waals surface area contributed by atoms with Crippen LogP contribution in [0, 0.1) is 13.8 Å². The molecule has 0 amide bonds. The summed E-state index contributed by atoms with van der Waals surface area (Å²) in [7, 11) is -4.42. The van der Waals surface area contributed by atoms with Crippen LogP contribution >= 0.6 is 7.82 Å². The first-order valence-electron chi connectivity index (χ1n) is 24.2. The topological polar surface area (TPSA) is 160 Å². The molecule has 1 aromatic rings. The molecular formula is C51H84NO10P. The van der Waals surface area contributed by atoms with Gasteiger partial charge in [0.15, 0.2) is 6.10 Å². The van der Waals surface area contributed by atoms with Crippen LogP contribution in [0.4, 0.5) is 0 Å². The maximum absolute atomic E-state index is 12.6. The molecule has 0 aliphatic carbocycles. The summed E-state index contributed by atoms with van der Waals surface area (Å²) in [5, 5.41) is 0. The Hall–Kier alpha value is -3.05. The van der Waals surface area contributed by atoms with E-state index in [0.29, 0.717) is 25.0 Å². The zero-order valence-corrected chi connectivity index (χ0v) is 40.3. The molecule has 4 atom stereocenters. The first-order valence-corrected chi connectivity index (χ1v) is 25.7. The van der Waals surface area contributed by atoms with Gasteiger partial charge >= 0.3 is 19.8 Å². The monoisotopic (exact) mass is 902 g/mol. The van der Waals surface area contributed by atoms with E-state index in [-0.39, 0.29) is 32.6 Å². The number of furan rings is 1. The van der Waals surface area contributed by atoms with Crippen molar-refractivity contribution in [1.29, 1.82) is 0 Å². The number of aryl methyl sites for hydroxylation is 2. The quantitative estimate of drug-likeness (QED) is 0.0212. The number of esters is 2. The van der Waals surface area contributed by atoms with Crippen LogP contribution in [0.3, 0.4) is 0 Å². The second-order valence-electron chi connectivity index (χ2n) is 16.6. The maximum atomic E-state index is 12.6. The lowest BCUT2D eigenvalue weighted by atomic mass is 10.0. The van der Waals surface area contributed by atoms with Gasteiger partial charge in [-0.05, 0) is 89.2 Å². The molecule has 63 heavy (non-hydrogen) atoms. The third-order valence-electron chi connectivity index (χ3n) is 11.0. The van der Waals surface area contributed by atoms with Gasteiger partial charge in [0.1, 0.15) is 18.1 Å². The second-order valence-corrected chi connectivity index (χ2v) is 18.0. The lowest BCUT2D eigenvalue weighted by molar-refractivity contribution is -0.161. The van der Waals surface area contributed by atoms with Crippen LogP contribution in [0.25, 0.3) is 0 Å². The van der Waals surface area contributed by atoms with Crippen LogP contribution in [0.2, 0.25) is 0 Å². The van der Waals surface area contributed by atoms with Crippen LogP contribution in [0.5, 0.6) is 0 Å². The fourth-order valence-electron chi connectivity index (χ4n) is 7.06. The molecule has 12 heteroatoms. The molecule has 2 heterocycles. The average molecular weight is 902 g/mol. The number of epoxide rings is 1. The Labute approximate surface area is 380 Å². The molecule has 2 rings (SSSR count). The van der Waals surface area contributed by atoms with Gasteiger partial charge in [-0.25, -0.2) is 4.57 Å². The highest BCUT2D eigenvalue weighted by molar-refractivity contribution is 7.47. The van der Waals surface area contributed by atoms with Crippen LogP contribution in [0.15, 0.2) is 65.2 Å². The number of carbonyl (C=O) groups is 2. The molecule has 0 spiro atoms. The summed E-state index contributed by atoms with van der Waals surface area (Å²) < 4.78 is 44.7. The molecule has 1 aliphatic rings. The number of hydrogen-bond acceptors (Lipinski definition) is 10. The number of allylic oxidation sites excluding steroid dienone is 8. The first kappa shape index (κ1) is 56.1. The van der Waals surface area contributed by atoms with E-state index in [1.54, 1.807) is 0 Å². The van der Waals surface area contributed by atoms with Crippen molar-refractivity contribution < 1.29 is 46.7 Å². The van der Waals surface area contributed by atoms with Gasteiger partial charge in [0.25, 0.3) is 0 Å². The number of nitrogens with two attached hydrogens (primary N) is 1. The summed E-state index contributed by atoms with van der Waals surface area (Å²) in [6, 6.07) is 0. The molecule has 1 aliphatic heterocycles. The van der Waals surface area contributed by atoms with Crippen LogP contribution in [-0.4, -0.2) is 61.5 Å². The van der Waals surface area contributed by atoms with Crippen molar-refractivity contribution in [3.05, 3.63) is 83.4 Å². The molecule has 3 unspecified atom stereocenters. The van der Waals surface area contributed by atoms with Crippen molar-refractivity contribution in [2.45, 2.75) is 200 Å². The van der Waals surface area contributed by atoms with Gasteiger partial charge in [-0.3, -0.25) is 18.6 Å². The van der Waals surface area contributed by atoms with Gasteiger partial charge in [0.2, 0.25) is 0 Å². The predicted octanol–water partition coefficient (Wildman–Crippen LogP) is 12.7. The van der Waals surface area contributed by atoms with E-state index in [4.69, 9.17) is 33.4 Å². The van der Waals surface area contributed by atoms with E-state index < -0.39 is 32.5 Å². The van der Waals surface area contributed by atoms with Gasteiger partial charge in [0, 0.05) is 32.2 Å². The van der Waals surface area contributed by atoms with Gasteiger partial charge in [0.05, 0.1) is 25.4 Å². The van der Waals surface area contributed by atoms with E-state index in [1.807, 2.05) is 12.2 Å². The second kappa shape index (κ2) is 36.2. The third-order valence-corrected chi connectivity index (χ3v) is 12.0. The van der Waals surface area contributed by atoms with E-state index >= 15 is 0 Å². The summed E-state index contributed by atoms with van der Waals surface area (Å²) >= 11 is 0. The van der Waals surface area contributed by atoms with Gasteiger partial charge < -0.3 is 29.3 Å². The Morgan fingerprint density at radius 1 is 0.667 bits per heavy atom. The summed E-state index contributed by atoms with van der Waals surface area (Å²) in [6.45, 7) is 7.86. The van der Waals surface area contributed by atoms with E-state index in [0.717, 1.165) is 70.6 Å². The van der Waals surface area contributed by atoms with Crippen molar-refractivity contribution in [3.8, 4) is 0 Å². The molecule has 1 aromatic heterocycles. The van der Waals surface area contributed by atoms with Crippen LogP contribution < -0.4 is 5.73 Å². The largest absolute Gasteiger partial charge is 0.472 e. The highest BCUT2D eigenvalue weighted by atomic mass is 31.2. The van der Waals surface area contributed by atoms with Gasteiger partial charge in [-0.15, -0.1) is 0 Å². The number of phosphoric ester groups is 1. The fraction of sp³-hybridized carbons (Fsp3) is 0.686. The number of hydrogen-bond donors (Lipinski definition) is 2. The van der Waals surface area contributed by atoms with Crippen LogP contribution in [-0.2, 0) is 50.3 Å². The minimum absolute atomic E-state index is 0.0325. The van der Waals surface area contributed by atoms with E-state index in [2.05, 4.69) is 76.3 Å². The summed E-state index contributed by atoms with van der Waals surface area (Å²) in [6.07, 6.45) is 44.1. The fourth-order valence-corrected chi connectivity index (χ4v) is 7.82. The van der Waals surface area contributed by atoms with E-state index in [9.17, 15) is 19.0 Å². The predicted molar refractivity (Wildman–Crippen MR) is 254 cm³/mol. The highest BCUT2D eigenvalue weighted by Crippen LogP contribution is 2.43. The Bertz CT molecular complexity index is 1560. The van der Waals surface area contributed by atoms with Gasteiger partial charge in [-0.1, -0.05) is 139 Å². The minimum atomic E-state index is -4.42. The molecule has 1 saturated heterocycles. The number of carbonyl (C=O) groups excluding carboxylic acids is 2. The van der Waals surface area contributed by atoms with Crippen molar-refractivity contribution in [2.24, 2.45) is 5.73 Å². The summed E-state index contributed by atoms with van der Waals surface area (Å²) in [5.74, 6) is 1.42. The number of rotatable bonds is 40. The Morgan fingerprint density at radius 3 is 1.76 bits per heavy atom. The summed E-state index contributed by atoms with van der Waals surface area (Å²) in [5.41, 5.74) is 8.04. The number of phosphoric acid groups is 1. The normalized spacial score (nSPS) is 16.9. The highest BCUT2D eigenvalue weighted by Gasteiger charge is 2.36. The van der Waals surface area contributed by atoms with Crippen molar-refractivity contribution in [2.75, 3.05) is 26.4 Å². The lowest BCUT2D eigenvalue weighted by Crippen LogP contribution is -2.29. The molecule has 0 saturated carbocycles. The average Bonchev–Trinajstić information content (AvgIpc) is 3.97. The molecule has 11 nitrogen and oxygen atoms in total. The standard InChI is InChI=1S/C51H84NO10P/c1-5-7-27-33-46-43(3)44(4)47(61-46)34-29-23-19-15-13-14-17-21-25-31-37-50(53)57-41-45(42-59-63(55,56)58-40-39-52)60-51(54)38-32-26-22-18-12-10-9-11-16-20-24-30-36-49-48(62-49)35-28-8-6-2/h8,10-12,16,22,24,26,28,30,45,48-49H,5-7,9,13-15,17-21,23,25,27,29,31-42,52H2,1-4H3,(H,55,56)/b12-10-,16-11-,26-22-,28-8-,30-24-/t45-,48?,49?/m1/s1. The summed E-state index contributed by atoms with van der Waals surface area (Å²) in [4.78, 5) is 35.1. The molecule has 0 radical (unpaired) electrons. The van der Waals surface area contributed by atoms with Crippen LogP contribution in [0.1, 0.15) is 178 Å². The van der Waals surface area contributed by atoms with Crippen molar-refractivity contribution in [1.82, 2.24) is 0 Å². The molecule has 1 fully saturated rings. The number of unbranched alkanes of at least 4 members (excludes halogenated alkanes) is 11. The molecule has 358 valence electrons. The smallest absolute Gasteiger partial charge is 0.466 e. The molecular weight excluding hydrogens is 818 g/mol. The van der Waals surface area contributed by atoms with Gasteiger partial charge in [-0.2, -0.15) is 0 Å². The Kier molecular flexibility index (Phi) is 32.2. The lowest BCUT2D eigenvalue weighted by Gasteiger charge is -2.19. The van der Waals surface area contributed by atoms with Crippen molar-refractivity contribution >= 4 is 19.8 Å². The van der Waals surface area contributed by atoms with Crippen molar-refractivity contribution in [3.63, 3.8) is 0 Å². The zero-order chi connectivity index (χ0) is 45.8. The Balaban J connectivity index is 1.55. The molecule has 3 N–H and O–H groups in total. The molecule has 0 bridgehead atoms. The zero-order valence-electron chi connectivity index (χ0n) is 39.5. The SMILES string of the molecule is CC/C=C\CC1OC1C/C=C\C/C=C\C/C=C\C/C=C\CCC(=O)O[C@H](COC(=O)CCCCCCCCCCCCc1oc(CCCCC)c(C)c1C)COP(=O)(O)OCCN. The Morgan fingerprint density at radius 2 is 1.19 bits per heavy atom. The molecule has 0 aromatic carbocycles. The first-order chi connectivity index (χ1) is 30.6. The number of ether oxygens (including phenoxy) is 3. The third kappa shape index (κ3) is 29.2. The minimum Gasteiger partial charge on any atom is -0.466 e. The van der Waals surface area contributed by atoms with E-state index in [1.165, 1.54) is 80.4 Å².